The van der Waals surface area contributed by atoms with Gasteiger partial charge in [-0.25, -0.2) is 0 Å². The number of pyridine rings is 1. The number of unbranched alkanes of at least 4 members (excludes halogenated alkanes) is 1. The number of aromatic nitrogens is 5. The number of ether oxygens (including phenoxy) is 2. The lowest BCUT2D eigenvalue weighted by Gasteiger charge is -2.73. The van der Waals surface area contributed by atoms with Gasteiger partial charge in [0.2, 0.25) is 11.7 Å². The van der Waals surface area contributed by atoms with Crippen molar-refractivity contribution >= 4 is 17.8 Å². The first kappa shape index (κ1) is 39.6. The molecule has 5 saturated carbocycles. The van der Waals surface area contributed by atoms with Gasteiger partial charge < -0.3 is 14.8 Å². The van der Waals surface area contributed by atoms with Crippen LogP contribution in [-0.2, 0) is 30.4 Å². The third-order valence-corrected chi connectivity index (χ3v) is 16.6. The van der Waals surface area contributed by atoms with Crippen LogP contribution < -0.4 is 5.32 Å². The van der Waals surface area contributed by atoms with E-state index in [2.05, 4.69) is 66.9 Å². The molecule has 2 aromatic heterocycles. The zero-order chi connectivity index (χ0) is 39.4. The van der Waals surface area contributed by atoms with Gasteiger partial charge in [-0.15, -0.1) is 10.2 Å². The fourth-order valence-electron chi connectivity index (χ4n) is 13.9. The van der Waals surface area contributed by atoms with Gasteiger partial charge in [0.1, 0.15) is 18.4 Å². The van der Waals surface area contributed by atoms with E-state index in [4.69, 9.17) is 9.47 Å². The molecule has 0 saturated heterocycles. The maximum atomic E-state index is 14.6. The first-order valence-electron chi connectivity index (χ1n) is 21.0. The lowest BCUT2D eigenvalue weighted by molar-refractivity contribution is -0.256. The summed E-state index contributed by atoms with van der Waals surface area (Å²) in [5, 5.41) is 16.3. The molecule has 11 nitrogen and oxygen atoms in total. The van der Waals surface area contributed by atoms with Crippen molar-refractivity contribution in [3.05, 3.63) is 36.5 Å². The van der Waals surface area contributed by atoms with Gasteiger partial charge in [-0.2, -0.15) is 4.80 Å². The van der Waals surface area contributed by atoms with Crippen molar-refractivity contribution in [2.24, 2.45) is 56.7 Å². The highest BCUT2D eigenvalue weighted by atomic mass is 16.6. The molecule has 0 spiro atoms. The van der Waals surface area contributed by atoms with Gasteiger partial charge in [0.05, 0.1) is 12.0 Å². The maximum absolute atomic E-state index is 14.6. The molecule has 0 aromatic carbocycles. The van der Waals surface area contributed by atoms with Crippen LogP contribution in [0, 0.1) is 56.7 Å². The van der Waals surface area contributed by atoms with E-state index in [9.17, 15) is 14.4 Å². The average molecular weight is 757 g/mol. The molecule has 5 aliphatic carbocycles. The van der Waals surface area contributed by atoms with Crippen LogP contribution in [0.15, 0.2) is 36.5 Å². The van der Waals surface area contributed by atoms with Crippen molar-refractivity contribution in [1.82, 2.24) is 30.5 Å². The number of aryl methyl sites for hydroxylation is 1. The monoisotopic (exact) mass is 756 g/mol. The van der Waals surface area contributed by atoms with Crippen LogP contribution in [0.1, 0.15) is 126 Å². The number of hydrogen-bond donors (Lipinski definition) is 1. The quantitative estimate of drug-likeness (QED) is 0.139. The Morgan fingerprint density at radius 2 is 1.69 bits per heavy atom. The molecule has 0 bridgehead atoms. The number of tetrazole rings is 1. The van der Waals surface area contributed by atoms with Gasteiger partial charge in [-0.1, -0.05) is 45.9 Å². The van der Waals surface area contributed by atoms with Crippen LogP contribution in [-0.4, -0.2) is 62.3 Å². The van der Waals surface area contributed by atoms with Gasteiger partial charge in [-0.05, 0) is 147 Å². The molecule has 5 fully saturated rings. The molecule has 55 heavy (non-hydrogen) atoms. The average Bonchev–Trinajstić information content (AvgIpc) is 3.79. The van der Waals surface area contributed by atoms with Gasteiger partial charge in [0.25, 0.3) is 0 Å². The summed E-state index contributed by atoms with van der Waals surface area (Å²) in [4.78, 5) is 44.9. The van der Waals surface area contributed by atoms with E-state index in [1.807, 2.05) is 18.2 Å². The van der Waals surface area contributed by atoms with Crippen LogP contribution in [0.3, 0.4) is 0 Å². The highest BCUT2D eigenvalue weighted by molar-refractivity contribution is 5.84. The van der Waals surface area contributed by atoms with Crippen LogP contribution in [0.5, 0.6) is 0 Å². The van der Waals surface area contributed by atoms with Crippen molar-refractivity contribution in [2.75, 3.05) is 13.2 Å². The Kier molecular flexibility index (Phi) is 10.6. The highest BCUT2D eigenvalue weighted by Gasteiger charge is 2.72. The number of rotatable bonds is 11. The van der Waals surface area contributed by atoms with Crippen LogP contribution in [0.25, 0.3) is 11.5 Å². The van der Waals surface area contributed by atoms with Gasteiger partial charge in [-0.3, -0.25) is 19.4 Å². The number of carbonyl (C=O) groups excluding carboxylic acids is 3. The van der Waals surface area contributed by atoms with Gasteiger partial charge in [0, 0.05) is 32.0 Å². The van der Waals surface area contributed by atoms with Crippen molar-refractivity contribution in [3.63, 3.8) is 0 Å². The van der Waals surface area contributed by atoms with Gasteiger partial charge >= 0.3 is 11.9 Å². The highest BCUT2D eigenvalue weighted by Crippen LogP contribution is 2.77. The molecule has 5 aliphatic rings. The number of hydrogen-bond acceptors (Lipinski definition) is 9. The Morgan fingerprint density at radius 3 is 2.40 bits per heavy atom. The Balaban J connectivity index is 1.07. The second-order valence-corrected chi connectivity index (χ2v) is 19.2. The molecule has 7 rings (SSSR count). The van der Waals surface area contributed by atoms with E-state index in [0.29, 0.717) is 42.4 Å². The minimum Gasteiger partial charge on any atom is -0.465 e. The summed E-state index contributed by atoms with van der Waals surface area (Å²) in [5.74, 6) is 2.03. The lowest BCUT2D eigenvalue weighted by Crippen LogP contribution is -2.68. The second kappa shape index (κ2) is 14.7. The fourth-order valence-corrected chi connectivity index (χ4v) is 13.9. The van der Waals surface area contributed by atoms with E-state index in [-0.39, 0.29) is 64.1 Å². The number of allylic oxidation sites excluding steroid dienone is 1. The van der Waals surface area contributed by atoms with E-state index < -0.39 is 5.41 Å². The molecular weight excluding hydrogens is 693 g/mol. The van der Waals surface area contributed by atoms with Crippen LogP contribution in [0.2, 0.25) is 0 Å². The predicted molar refractivity (Wildman–Crippen MR) is 209 cm³/mol. The van der Waals surface area contributed by atoms with Crippen molar-refractivity contribution in [2.45, 2.75) is 138 Å². The number of fused-ring (bicyclic) bond motifs is 7. The molecule has 0 aliphatic heterocycles. The maximum Gasteiger partial charge on any atom is 0.302 e. The zero-order valence-corrected chi connectivity index (χ0v) is 34.4. The fraction of sp³-hybridized carbons (Fsp3) is 0.750. The van der Waals surface area contributed by atoms with Gasteiger partial charge in [0.15, 0.2) is 0 Å². The molecule has 1 N–H and O–H groups in total. The van der Waals surface area contributed by atoms with Crippen molar-refractivity contribution in [3.8, 4) is 11.5 Å². The molecule has 2 aromatic rings. The van der Waals surface area contributed by atoms with E-state index >= 15 is 0 Å². The summed E-state index contributed by atoms with van der Waals surface area (Å²) in [7, 11) is 0. The molecule has 1 amide bonds. The summed E-state index contributed by atoms with van der Waals surface area (Å²) >= 11 is 0. The smallest absolute Gasteiger partial charge is 0.302 e. The summed E-state index contributed by atoms with van der Waals surface area (Å²) in [5.41, 5.74) is 1.30. The Labute approximate surface area is 327 Å². The Hall–Kier alpha value is -3.63. The Bertz CT molecular complexity index is 1780. The standard InChI is InChI=1S/C44H64N6O5/c1-28(2)31-16-21-44(39(53)46-25-11-12-26-50-48-38(47-49-50)33-13-9-10-24-45-33)23-22-42(7)32(37(31)44)14-15-35-40(5)19-18-36(55-30(4)52)41(6,27-54-29(3)51)34(40)17-20-43(35,42)8/h9-10,13,24,31-32,34-37H,1,11-12,14-23,25-27H2,2-8H3,(H,46,53)/t31-,32+,34+,35+,36-,37+,40-,41-,42+,43+,44-/m0/s1. The minimum atomic E-state index is -0.450. The molecule has 11 heteroatoms. The lowest BCUT2D eigenvalue weighted by atomic mass is 9.32. The molecule has 300 valence electrons. The number of esters is 2. The molecule has 11 atom stereocenters. The third kappa shape index (κ3) is 6.53. The number of nitrogens with one attached hydrogen (secondary N) is 1. The third-order valence-electron chi connectivity index (χ3n) is 16.6. The number of amides is 1. The summed E-state index contributed by atoms with van der Waals surface area (Å²) in [6, 6.07) is 5.65. The van der Waals surface area contributed by atoms with Crippen molar-refractivity contribution < 1.29 is 23.9 Å². The molecule has 0 radical (unpaired) electrons. The first-order valence-corrected chi connectivity index (χ1v) is 21.0. The largest absolute Gasteiger partial charge is 0.465 e. The summed E-state index contributed by atoms with van der Waals surface area (Å²) in [6.45, 7) is 21.1. The van der Waals surface area contributed by atoms with E-state index in [1.165, 1.54) is 19.4 Å². The summed E-state index contributed by atoms with van der Waals surface area (Å²) < 4.78 is 11.8. The SMILES string of the molecule is C=C(C)[C@@H]1CC[C@]2(C(=O)NCCCCn3nnc(-c4ccccn4)n3)CC[C@]3(C)[C@H](CC[C@@H]4[C@@]5(C)CC[C@H](OC(C)=O)[C@@](C)(COC(C)=O)[C@@H]5CC[C@]43C)[C@@H]12. The molecule has 2 heterocycles. The normalized spacial score (nSPS) is 39.1. The van der Waals surface area contributed by atoms with Crippen LogP contribution in [0.4, 0.5) is 0 Å². The van der Waals surface area contributed by atoms with Crippen LogP contribution >= 0.6 is 0 Å². The molecule has 0 unspecified atom stereocenters. The summed E-state index contributed by atoms with van der Waals surface area (Å²) in [6.07, 6.45) is 13.2. The topological polar surface area (TPSA) is 138 Å². The first-order chi connectivity index (χ1) is 26.1. The second-order valence-electron chi connectivity index (χ2n) is 19.2. The predicted octanol–water partition coefficient (Wildman–Crippen LogP) is 7.76. The number of carbonyl (C=O) groups is 3. The van der Waals surface area contributed by atoms with E-state index in [1.54, 1.807) is 11.0 Å². The minimum absolute atomic E-state index is 0.0175. The Morgan fingerprint density at radius 1 is 0.891 bits per heavy atom. The zero-order valence-electron chi connectivity index (χ0n) is 34.4. The molecular formula is C44H64N6O5. The van der Waals surface area contributed by atoms with Crippen molar-refractivity contribution in [1.29, 1.82) is 0 Å². The van der Waals surface area contributed by atoms with E-state index in [0.717, 1.165) is 77.0 Å². The number of nitrogens with zero attached hydrogens (tertiary/aromatic N) is 5.